The first-order valence-electron chi connectivity index (χ1n) is 4.66. The summed E-state index contributed by atoms with van der Waals surface area (Å²) in [6.45, 7) is 1.10. The van der Waals surface area contributed by atoms with Gasteiger partial charge in [-0.25, -0.2) is 4.98 Å². The molecule has 0 saturated heterocycles. The Balaban J connectivity index is 1.82. The fourth-order valence-corrected chi connectivity index (χ4v) is 2.24. The largest absolute Gasteiger partial charge is 0.371 e. The number of hydrogen-bond acceptors (Lipinski definition) is 3. The molecule has 0 unspecified atom stereocenters. The molecule has 2 aromatic rings. The van der Waals surface area contributed by atoms with Crippen molar-refractivity contribution in [1.82, 2.24) is 4.98 Å². The van der Waals surface area contributed by atoms with Crippen molar-refractivity contribution in [2.24, 2.45) is 0 Å². The number of benzene rings is 1. The van der Waals surface area contributed by atoms with Crippen LogP contribution in [0.3, 0.4) is 0 Å². The molecule has 16 heavy (non-hydrogen) atoms. The first kappa shape index (κ1) is 11.9. The van der Waals surface area contributed by atoms with Crippen molar-refractivity contribution in [2.75, 3.05) is 0 Å². The molecule has 0 aliphatic rings. The molecule has 1 heterocycles. The summed E-state index contributed by atoms with van der Waals surface area (Å²) in [5.41, 5.74) is 1.10. The maximum Gasteiger partial charge on any atom is 0.183 e. The van der Waals surface area contributed by atoms with Gasteiger partial charge in [-0.1, -0.05) is 35.3 Å². The summed E-state index contributed by atoms with van der Waals surface area (Å²) in [5, 5.41) is 0.734. The van der Waals surface area contributed by atoms with Crippen LogP contribution in [-0.2, 0) is 18.0 Å². The highest BCUT2D eigenvalue weighted by Gasteiger charge is 2.00. The molecule has 1 aromatic carbocycles. The van der Waals surface area contributed by atoms with Gasteiger partial charge in [0, 0.05) is 11.2 Å². The van der Waals surface area contributed by atoms with Crippen LogP contribution in [-0.4, -0.2) is 4.98 Å². The Kier molecular flexibility index (Phi) is 4.18. The van der Waals surface area contributed by atoms with Gasteiger partial charge in [0.25, 0.3) is 0 Å². The van der Waals surface area contributed by atoms with Gasteiger partial charge in [-0.15, -0.1) is 11.3 Å². The van der Waals surface area contributed by atoms with Crippen molar-refractivity contribution in [3.8, 4) is 0 Å². The lowest BCUT2D eigenvalue weighted by Gasteiger charge is -2.02. The molecule has 2 nitrogen and oxygen atoms in total. The Morgan fingerprint density at radius 1 is 1.12 bits per heavy atom. The summed E-state index contributed by atoms with van der Waals surface area (Å²) in [4.78, 5) is 4.97. The molecule has 0 atom stereocenters. The average molecular weight is 274 g/mol. The molecule has 0 amide bonds. The summed E-state index contributed by atoms with van der Waals surface area (Å²) >= 11 is 12.9. The highest BCUT2D eigenvalue weighted by atomic mass is 35.5. The molecule has 0 radical (unpaired) electrons. The van der Waals surface area contributed by atoms with E-state index in [1.165, 1.54) is 11.3 Å². The lowest BCUT2D eigenvalue weighted by Crippen LogP contribution is -1.91. The van der Waals surface area contributed by atoms with Crippen LogP contribution in [0.25, 0.3) is 0 Å². The van der Waals surface area contributed by atoms with Gasteiger partial charge in [0.15, 0.2) is 4.47 Å². The molecule has 2 rings (SSSR count). The first-order chi connectivity index (χ1) is 7.74. The van der Waals surface area contributed by atoms with Gasteiger partial charge < -0.3 is 4.74 Å². The van der Waals surface area contributed by atoms with Gasteiger partial charge in [-0.3, -0.25) is 0 Å². The Hall–Kier alpha value is -0.610. The van der Waals surface area contributed by atoms with Gasteiger partial charge >= 0.3 is 0 Å². The normalized spacial score (nSPS) is 10.6. The zero-order valence-corrected chi connectivity index (χ0v) is 10.6. The van der Waals surface area contributed by atoms with Crippen molar-refractivity contribution in [2.45, 2.75) is 13.2 Å². The lowest BCUT2D eigenvalue weighted by molar-refractivity contribution is 0.109. The Labute approximate surface area is 108 Å². The fourth-order valence-electron chi connectivity index (χ4n) is 1.20. The second-order valence-corrected chi connectivity index (χ2v) is 5.33. The molecule has 0 fully saturated rings. The van der Waals surface area contributed by atoms with E-state index in [1.807, 2.05) is 24.3 Å². The molecular weight excluding hydrogens is 265 g/mol. The highest BCUT2D eigenvalue weighted by Crippen LogP contribution is 2.19. The number of ether oxygens (including phenoxy) is 1. The number of nitrogens with zero attached hydrogens (tertiary/aromatic N) is 1. The van der Waals surface area contributed by atoms with Crippen LogP contribution >= 0.6 is 34.5 Å². The van der Waals surface area contributed by atoms with E-state index in [-0.39, 0.29) is 0 Å². The third-order valence-electron chi connectivity index (χ3n) is 1.95. The predicted octanol–water partition coefficient (Wildman–Crippen LogP) is 4.17. The van der Waals surface area contributed by atoms with Crippen molar-refractivity contribution < 1.29 is 4.74 Å². The second-order valence-electron chi connectivity index (χ2n) is 3.20. The number of hydrogen-bond donors (Lipinski definition) is 0. The van der Waals surface area contributed by atoms with Crippen LogP contribution in [0, 0.1) is 0 Å². The molecule has 84 valence electrons. The maximum absolute atomic E-state index is 5.78. The monoisotopic (exact) mass is 273 g/mol. The van der Waals surface area contributed by atoms with Gasteiger partial charge in [-0.05, 0) is 17.7 Å². The minimum Gasteiger partial charge on any atom is -0.371 e. The average Bonchev–Trinajstić information content (AvgIpc) is 2.67. The van der Waals surface area contributed by atoms with Crippen LogP contribution in [0.1, 0.15) is 10.4 Å². The third kappa shape index (κ3) is 3.46. The van der Waals surface area contributed by atoms with E-state index in [1.54, 1.807) is 6.20 Å². The molecule has 0 N–H and O–H groups in total. The van der Waals surface area contributed by atoms with Crippen LogP contribution in [0.4, 0.5) is 0 Å². The zero-order valence-electron chi connectivity index (χ0n) is 8.32. The maximum atomic E-state index is 5.78. The molecule has 0 bridgehead atoms. The number of aromatic nitrogens is 1. The summed E-state index contributed by atoms with van der Waals surface area (Å²) in [6, 6.07) is 7.59. The van der Waals surface area contributed by atoms with Crippen LogP contribution in [0.15, 0.2) is 30.5 Å². The van der Waals surface area contributed by atoms with E-state index >= 15 is 0 Å². The third-order valence-corrected chi connectivity index (χ3v) is 3.29. The second kappa shape index (κ2) is 5.64. The quantitative estimate of drug-likeness (QED) is 0.834. The van der Waals surface area contributed by atoms with E-state index in [4.69, 9.17) is 27.9 Å². The van der Waals surface area contributed by atoms with Gasteiger partial charge in [-0.2, -0.15) is 0 Å². The Bertz CT molecular complexity index is 455. The van der Waals surface area contributed by atoms with E-state index in [9.17, 15) is 0 Å². The SMILES string of the molecule is Clc1ccc(COCc2cnc(Cl)s2)cc1. The molecular formula is C11H9Cl2NOS. The van der Waals surface area contributed by atoms with Crippen molar-refractivity contribution in [3.05, 3.63) is 50.4 Å². The first-order valence-corrected chi connectivity index (χ1v) is 6.23. The minimum atomic E-state index is 0.535. The zero-order chi connectivity index (χ0) is 11.4. The number of thiazole rings is 1. The summed E-state index contributed by atoms with van der Waals surface area (Å²) < 4.78 is 6.07. The standard InChI is InChI=1S/C11H9Cl2NOS/c12-9-3-1-8(2-4-9)6-15-7-10-5-14-11(13)16-10/h1-5H,6-7H2. The van der Waals surface area contributed by atoms with Crippen molar-refractivity contribution in [1.29, 1.82) is 0 Å². The summed E-state index contributed by atoms with van der Waals surface area (Å²) in [5.74, 6) is 0. The van der Waals surface area contributed by atoms with Crippen LogP contribution in [0.2, 0.25) is 9.49 Å². The van der Waals surface area contributed by atoms with E-state index in [0.29, 0.717) is 17.7 Å². The summed E-state index contributed by atoms with van der Waals surface area (Å²) in [6.07, 6.45) is 1.73. The molecule has 0 saturated carbocycles. The van der Waals surface area contributed by atoms with Gasteiger partial charge in [0.1, 0.15) is 0 Å². The van der Waals surface area contributed by atoms with Crippen molar-refractivity contribution in [3.63, 3.8) is 0 Å². The van der Waals surface area contributed by atoms with E-state index in [0.717, 1.165) is 15.5 Å². The van der Waals surface area contributed by atoms with Crippen LogP contribution in [0.5, 0.6) is 0 Å². The smallest absolute Gasteiger partial charge is 0.183 e. The van der Waals surface area contributed by atoms with Gasteiger partial charge in [0.05, 0.1) is 18.1 Å². The molecule has 0 spiro atoms. The van der Waals surface area contributed by atoms with Crippen molar-refractivity contribution >= 4 is 34.5 Å². The van der Waals surface area contributed by atoms with E-state index in [2.05, 4.69) is 4.98 Å². The topological polar surface area (TPSA) is 22.1 Å². The number of rotatable bonds is 4. The van der Waals surface area contributed by atoms with E-state index < -0.39 is 0 Å². The summed E-state index contributed by atoms with van der Waals surface area (Å²) in [7, 11) is 0. The molecule has 0 aliphatic heterocycles. The molecule has 1 aromatic heterocycles. The fraction of sp³-hybridized carbons (Fsp3) is 0.182. The Morgan fingerprint density at radius 3 is 2.50 bits per heavy atom. The lowest BCUT2D eigenvalue weighted by atomic mass is 10.2. The predicted molar refractivity (Wildman–Crippen MR) is 67.1 cm³/mol. The van der Waals surface area contributed by atoms with Gasteiger partial charge in [0.2, 0.25) is 0 Å². The molecule has 5 heteroatoms. The van der Waals surface area contributed by atoms with Crippen LogP contribution < -0.4 is 0 Å². The molecule has 0 aliphatic carbocycles. The number of halogens is 2. The highest BCUT2D eigenvalue weighted by molar-refractivity contribution is 7.15. The Morgan fingerprint density at radius 2 is 1.88 bits per heavy atom. The minimum absolute atomic E-state index is 0.535.